The molecule has 0 saturated carbocycles. The van der Waals surface area contributed by atoms with Gasteiger partial charge in [0.2, 0.25) is 5.91 Å². The number of carbonyl (C=O) groups is 1. The first-order chi connectivity index (χ1) is 11.4. The summed E-state index contributed by atoms with van der Waals surface area (Å²) in [6, 6.07) is 10.1. The number of nitro groups is 1. The molecule has 1 N–H and O–H groups in total. The van der Waals surface area contributed by atoms with Crippen molar-refractivity contribution in [1.29, 1.82) is 0 Å². The van der Waals surface area contributed by atoms with Crippen LogP contribution < -0.4 is 10.2 Å². The molecule has 0 atom stereocenters. The van der Waals surface area contributed by atoms with E-state index in [4.69, 9.17) is 0 Å². The predicted octanol–water partition coefficient (Wildman–Crippen LogP) is 3.96. The molecule has 0 unspecified atom stereocenters. The molecule has 0 heterocycles. The van der Waals surface area contributed by atoms with Crippen LogP contribution in [0.15, 0.2) is 46.9 Å². The minimum Gasteiger partial charge on any atom is -0.362 e. The summed E-state index contributed by atoms with van der Waals surface area (Å²) in [7, 11) is 0. The fraction of sp³-hybridized carbons (Fsp3) is 0.188. The van der Waals surface area contributed by atoms with Crippen LogP contribution in [0, 0.1) is 15.9 Å². The zero-order valence-corrected chi connectivity index (χ0v) is 14.4. The highest BCUT2D eigenvalue weighted by molar-refractivity contribution is 9.10. The number of rotatable bonds is 6. The summed E-state index contributed by atoms with van der Waals surface area (Å²) in [5.41, 5.74) is 0.964. The monoisotopic (exact) mass is 395 g/mol. The largest absolute Gasteiger partial charge is 0.362 e. The summed E-state index contributed by atoms with van der Waals surface area (Å²) in [5, 5.41) is 13.4. The van der Waals surface area contributed by atoms with Gasteiger partial charge in [0.1, 0.15) is 5.82 Å². The van der Waals surface area contributed by atoms with Gasteiger partial charge in [0, 0.05) is 28.8 Å². The molecule has 0 spiro atoms. The molecule has 0 aliphatic carbocycles. The van der Waals surface area contributed by atoms with Gasteiger partial charge in [-0.15, -0.1) is 0 Å². The van der Waals surface area contributed by atoms with Gasteiger partial charge >= 0.3 is 0 Å². The molecule has 8 heteroatoms. The van der Waals surface area contributed by atoms with Crippen molar-refractivity contribution in [3.8, 4) is 0 Å². The van der Waals surface area contributed by atoms with Crippen LogP contribution in [-0.2, 0) is 4.79 Å². The molecule has 2 aromatic rings. The summed E-state index contributed by atoms with van der Waals surface area (Å²) in [6.07, 6.45) is 0. The molecule has 24 heavy (non-hydrogen) atoms. The second-order valence-electron chi connectivity index (χ2n) is 4.96. The Kier molecular flexibility index (Phi) is 5.86. The lowest BCUT2D eigenvalue weighted by Gasteiger charge is -2.22. The second kappa shape index (κ2) is 7.87. The Bertz CT molecular complexity index is 770. The molecule has 0 bridgehead atoms. The second-order valence-corrected chi connectivity index (χ2v) is 5.82. The van der Waals surface area contributed by atoms with Crippen LogP contribution in [0.3, 0.4) is 0 Å². The zero-order chi connectivity index (χ0) is 17.7. The van der Waals surface area contributed by atoms with Gasteiger partial charge in [0.25, 0.3) is 5.69 Å². The van der Waals surface area contributed by atoms with Crippen molar-refractivity contribution >= 4 is 38.9 Å². The lowest BCUT2D eigenvalue weighted by molar-refractivity contribution is -0.384. The van der Waals surface area contributed by atoms with Crippen molar-refractivity contribution in [1.82, 2.24) is 0 Å². The third-order valence-corrected chi connectivity index (χ3v) is 3.98. The van der Waals surface area contributed by atoms with E-state index in [0.717, 1.165) is 0 Å². The SMILES string of the molecule is CCN(CC(=O)Nc1ccc([N+](=O)[O-])cc1Br)c1cccc(F)c1. The van der Waals surface area contributed by atoms with Crippen molar-refractivity contribution in [2.75, 3.05) is 23.3 Å². The Morgan fingerprint density at radius 3 is 2.67 bits per heavy atom. The number of non-ortho nitro benzene ring substituents is 1. The minimum atomic E-state index is -0.515. The average Bonchev–Trinajstić information content (AvgIpc) is 2.54. The van der Waals surface area contributed by atoms with Gasteiger partial charge in [0.15, 0.2) is 0 Å². The van der Waals surface area contributed by atoms with Gasteiger partial charge in [-0.2, -0.15) is 0 Å². The van der Waals surface area contributed by atoms with E-state index in [1.165, 1.54) is 30.3 Å². The van der Waals surface area contributed by atoms with Crippen LogP contribution in [0.25, 0.3) is 0 Å². The number of nitrogens with one attached hydrogen (secondary N) is 1. The third-order valence-electron chi connectivity index (χ3n) is 3.33. The Labute approximate surface area is 146 Å². The Hall–Kier alpha value is -2.48. The molecule has 2 rings (SSSR count). The van der Waals surface area contributed by atoms with E-state index >= 15 is 0 Å². The van der Waals surface area contributed by atoms with E-state index in [1.54, 1.807) is 17.0 Å². The maximum atomic E-state index is 13.3. The van der Waals surface area contributed by atoms with Crippen LogP contribution in [0.2, 0.25) is 0 Å². The molecule has 1 amide bonds. The molecule has 126 valence electrons. The van der Waals surface area contributed by atoms with Crippen LogP contribution in [-0.4, -0.2) is 23.9 Å². The van der Waals surface area contributed by atoms with E-state index in [-0.39, 0.29) is 24.0 Å². The number of benzene rings is 2. The van der Waals surface area contributed by atoms with Crippen molar-refractivity contribution in [3.05, 3.63) is 62.9 Å². The fourth-order valence-electron chi connectivity index (χ4n) is 2.14. The van der Waals surface area contributed by atoms with Gasteiger partial charge in [0.05, 0.1) is 17.2 Å². The quantitative estimate of drug-likeness (QED) is 0.593. The van der Waals surface area contributed by atoms with E-state index < -0.39 is 4.92 Å². The van der Waals surface area contributed by atoms with Gasteiger partial charge in [-0.1, -0.05) is 6.07 Å². The number of carbonyl (C=O) groups excluding carboxylic acids is 1. The van der Waals surface area contributed by atoms with Crippen LogP contribution >= 0.6 is 15.9 Å². The molecule has 0 saturated heterocycles. The standard InChI is InChI=1S/C16H15BrFN3O3/c1-2-20(12-5-3-4-11(18)8-12)10-16(22)19-15-7-6-13(21(23)24)9-14(15)17/h3-9H,2,10H2,1H3,(H,19,22). The summed E-state index contributed by atoms with van der Waals surface area (Å²) < 4.78 is 13.7. The molecule has 2 aromatic carbocycles. The highest BCUT2D eigenvalue weighted by atomic mass is 79.9. The lowest BCUT2D eigenvalue weighted by atomic mass is 10.2. The summed E-state index contributed by atoms with van der Waals surface area (Å²) >= 11 is 3.20. The normalized spacial score (nSPS) is 10.3. The zero-order valence-electron chi connectivity index (χ0n) is 12.8. The van der Waals surface area contributed by atoms with Gasteiger partial charge in [-0.05, 0) is 47.1 Å². The van der Waals surface area contributed by atoms with Gasteiger partial charge in [-0.25, -0.2) is 4.39 Å². The Morgan fingerprint density at radius 1 is 1.33 bits per heavy atom. The van der Waals surface area contributed by atoms with Gasteiger partial charge in [-0.3, -0.25) is 14.9 Å². The molecule has 0 aliphatic rings. The minimum absolute atomic E-state index is 0.0311. The lowest BCUT2D eigenvalue weighted by Crippen LogP contribution is -2.33. The average molecular weight is 396 g/mol. The van der Waals surface area contributed by atoms with Gasteiger partial charge < -0.3 is 10.2 Å². The first kappa shape index (κ1) is 17.9. The van der Waals surface area contributed by atoms with Crippen molar-refractivity contribution in [2.24, 2.45) is 0 Å². The van der Waals surface area contributed by atoms with Crippen LogP contribution in [0.1, 0.15) is 6.92 Å². The number of hydrogen-bond acceptors (Lipinski definition) is 4. The number of hydrogen-bond donors (Lipinski definition) is 1. The third kappa shape index (κ3) is 4.51. The Morgan fingerprint density at radius 2 is 2.08 bits per heavy atom. The summed E-state index contributed by atoms with van der Waals surface area (Å²) in [4.78, 5) is 24.1. The maximum absolute atomic E-state index is 13.3. The number of anilines is 2. The highest BCUT2D eigenvalue weighted by Gasteiger charge is 2.14. The number of nitrogens with zero attached hydrogens (tertiary/aromatic N) is 2. The maximum Gasteiger partial charge on any atom is 0.270 e. The fourth-order valence-corrected chi connectivity index (χ4v) is 2.61. The van der Waals surface area contributed by atoms with Crippen molar-refractivity contribution < 1.29 is 14.1 Å². The highest BCUT2D eigenvalue weighted by Crippen LogP contribution is 2.27. The van der Waals surface area contributed by atoms with E-state index in [2.05, 4.69) is 21.2 Å². The van der Waals surface area contributed by atoms with Crippen LogP contribution in [0.4, 0.5) is 21.5 Å². The first-order valence-corrected chi connectivity index (χ1v) is 7.94. The van der Waals surface area contributed by atoms with E-state index in [0.29, 0.717) is 22.4 Å². The van der Waals surface area contributed by atoms with Crippen molar-refractivity contribution in [2.45, 2.75) is 6.92 Å². The molecule has 0 fully saturated rings. The molecule has 0 aliphatic heterocycles. The van der Waals surface area contributed by atoms with Crippen LogP contribution in [0.5, 0.6) is 0 Å². The summed E-state index contributed by atoms with van der Waals surface area (Å²) in [5.74, 6) is -0.680. The number of amides is 1. The predicted molar refractivity (Wildman–Crippen MR) is 93.7 cm³/mol. The molecule has 0 aromatic heterocycles. The number of halogens is 2. The van der Waals surface area contributed by atoms with E-state index in [9.17, 15) is 19.3 Å². The smallest absolute Gasteiger partial charge is 0.270 e. The van der Waals surface area contributed by atoms with Crippen molar-refractivity contribution in [3.63, 3.8) is 0 Å². The molecular weight excluding hydrogens is 381 g/mol. The summed E-state index contributed by atoms with van der Waals surface area (Å²) in [6.45, 7) is 2.42. The molecule has 0 radical (unpaired) electrons. The Balaban J connectivity index is 2.08. The molecular formula is C16H15BrFN3O3. The van der Waals surface area contributed by atoms with E-state index in [1.807, 2.05) is 6.92 Å². The first-order valence-electron chi connectivity index (χ1n) is 7.15. The topological polar surface area (TPSA) is 75.5 Å². The number of likely N-dealkylation sites (N-methyl/N-ethyl adjacent to an activating group) is 1. The molecule has 6 nitrogen and oxygen atoms in total. The number of nitro benzene ring substituents is 1.